The summed E-state index contributed by atoms with van der Waals surface area (Å²) in [5, 5.41) is 2.56. The van der Waals surface area contributed by atoms with Crippen LogP contribution < -0.4 is 5.32 Å². The number of benzene rings is 3. The Labute approximate surface area is 185 Å². The maximum absolute atomic E-state index is 13.8. The molecule has 1 amide bonds. The van der Waals surface area contributed by atoms with E-state index >= 15 is 0 Å². The molecular formula is C27H22F2N2O. The Morgan fingerprint density at radius 3 is 2.28 bits per heavy atom. The minimum absolute atomic E-state index is 0.465. The summed E-state index contributed by atoms with van der Waals surface area (Å²) in [6.45, 7) is 2.05. The van der Waals surface area contributed by atoms with Crippen molar-refractivity contribution in [1.29, 1.82) is 0 Å². The molecule has 5 heteroatoms. The molecule has 0 aliphatic carbocycles. The second-order valence-electron chi connectivity index (χ2n) is 7.64. The molecule has 0 aliphatic heterocycles. The predicted molar refractivity (Wildman–Crippen MR) is 123 cm³/mol. The van der Waals surface area contributed by atoms with E-state index in [0.29, 0.717) is 5.69 Å². The van der Waals surface area contributed by atoms with Gasteiger partial charge in [-0.1, -0.05) is 42.5 Å². The molecule has 3 aromatic carbocycles. The van der Waals surface area contributed by atoms with Crippen LogP contribution in [-0.2, 0) is 12.8 Å². The van der Waals surface area contributed by atoms with Crippen LogP contribution in [0.15, 0.2) is 85.2 Å². The lowest BCUT2D eigenvalue weighted by atomic mass is 9.95. The molecule has 160 valence electrons. The van der Waals surface area contributed by atoms with Crippen LogP contribution in [0.3, 0.4) is 0 Å². The molecule has 0 spiro atoms. The van der Waals surface area contributed by atoms with Crippen molar-refractivity contribution in [2.45, 2.75) is 19.8 Å². The van der Waals surface area contributed by atoms with E-state index < -0.39 is 23.1 Å². The van der Waals surface area contributed by atoms with Gasteiger partial charge in [0.15, 0.2) is 0 Å². The van der Waals surface area contributed by atoms with Crippen molar-refractivity contribution in [2.24, 2.45) is 0 Å². The van der Waals surface area contributed by atoms with Gasteiger partial charge in [-0.2, -0.15) is 0 Å². The smallest absolute Gasteiger partial charge is 0.261 e. The fourth-order valence-corrected chi connectivity index (χ4v) is 3.61. The second-order valence-corrected chi connectivity index (χ2v) is 7.64. The first-order valence-corrected chi connectivity index (χ1v) is 10.4. The predicted octanol–water partition coefficient (Wildman–Crippen LogP) is 6.37. The van der Waals surface area contributed by atoms with Gasteiger partial charge in [-0.15, -0.1) is 0 Å². The lowest BCUT2D eigenvalue weighted by Gasteiger charge is -2.11. The van der Waals surface area contributed by atoms with E-state index in [1.807, 2.05) is 24.4 Å². The Morgan fingerprint density at radius 1 is 0.875 bits per heavy atom. The van der Waals surface area contributed by atoms with Crippen molar-refractivity contribution in [3.8, 4) is 11.1 Å². The van der Waals surface area contributed by atoms with Gasteiger partial charge in [0.05, 0.1) is 0 Å². The number of halogens is 2. The zero-order valence-electron chi connectivity index (χ0n) is 17.6. The number of nitrogens with zero attached hydrogens (tertiary/aromatic N) is 1. The summed E-state index contributed by atoms with van der Waals surface area (Å²) in [5.74, 6) is -2.60. The summed E-state index contributed by atoms with van der Waals surface area (Å²) < 4.78 is 27.7. The number of pyridine rings is 1. The number of amides is 1. The van der Waals surface area contributed by atoms with Crippen LogP contribution in [-0.4, -0.2) is 10.9 Å². The van der Waals surface area contributed by atoms with Gasteiger partial charge in [0.2, 0.25) is 0 Å². The topological polar surface area (TPSA) is 42.0 Å². The van der Waals surface area contributed by atoms with Gasteiger partial charge in [-0.25, -0.2) is 8.78 Å². The van der Waals surface area contributed by atoms with Crippen molar-refractivity contribution in [2.75, 3.05) is 5.32 Å². The molecule has 1 heterocycles. The van der Waals surface area contributed by atoms with E-state index in [0.717, 1.165) is 41.7 Å². The Bertz CT molecular complexity index is 1220. The lowest BCUT2D eigenvalue weighted by Crippen LogP contribution is -2.15. The van der Waals surface area contributed by atoms with Gasteiger partial charge in [0.1, 0.15) is 17.2 Å². The van der Waals surface area contributed by atoms with Crippen LogP contribution in [0.4, 0.5) is 14.5 Å². The van der Waals surface area contributed by atoms with Gasteiger partial charge < -0.3 is 5.32 Å². The molecule has 0 saturated carbocycles. The van der Waals surface area contributed by atoms with Crippen molar-refractivity contribution < 1.29 is 13.6 Å². The van der Waals surface area contributed by atoms with Gasteiger partial charge in [-0.3, -0.25) is 9.78 Å². The zero-order chi connectivity index (χ0) is 22.5. The first kappa shape index (κ1) is 21.4. The minimum Gasteiger partial charge on any atom is -0.322 e. The first-order valence-electron chi connectivity index (χ1n) is 10.4. The highest BCUT2D eigenvalue weighted by Crippen LogP contribution is 2.27. The van der Waals surface area contributed by atoms with Crippen LogP contribution >= 0.6 is 0 Å². The zero-order valence-corrected chi connectivity index (χ0v) is 17.6. The third-order valence-corrected chi connectivity index (χ3v) is 5.37. The monoisotopic (exact) mass is 428 g/mol. The Hall–Kier alpha value is -3.86. The second kappa shape index (κ2) is 9.52. The molecule has 0 atom stereocenters. The van der Waals surface area contributed by atoms with E-state index in [2.05, 4.69) is 41.5 Å². The van der Waals surface area contributed by atoms with Crippen molar-refractivity contribution in [1.82, 2.24) is 4.98 Å². The highest BCUT2D eigenvalue weighted by atomic mass is 19.1. The van der Waals surface area contributed by atoms with E-state index in [9.17, 15) is 13.6 Å². The molecule has 0 radical (unpaired) electrons. The number of hydrogen-bond acceptors (Lipinski definition) is 2. The summed E-state index contributed by atoms with van der Waals surface area (Å²) in [6, 6.07) is 21.0. The Morgan fingerprint density at radius 2 is 1.59 bits per heavy atom. The van der Waals surface area contributed by atoms with Gasteiger partial charge in [-0.05, 0) is 77.9 Å². The average Bonchev–Trinajstić information content (AvgIpc) is 2.80. The number of aryl methyl sites for hydroxylation is 3. The number of aromatic nitrogens is 1. The minimum atomic E-state index is -0.891. The molecular weight excluding hydrogens is 406 g/mol. The maximum atomic E-state index is 13.8. The van der Waals surface area contributed by atoms with Crippen LogP contribution in [0, 0.1) is 18.6 Å². The molecule has 32 heavy (non-hydrogen) atoms. The Kier molecular flexibility index (Phi) is 6.36. The Balaban J connectivity index is 1.49. The normalized spacial score (nSPS) is 10.7. The van der Waals surface area contributed by atoms with Crippen molar-refractivity contribution >= 4 is 11.6 Å². The SMILES string of the molecule is Cc1ccc(CCc2cccnc2)cc1-c1ccc(NC(=O)c2c(F)cccc2F)cc1. The van der Waals surface area contributed by atoms with Crippen molar-refractivity contribution in [3.05, 3.63) is 119 Å². The number of carbonyl (C=O) groups is 1. The van der Waals surface area contributed by atoms with E-state index in [1.54, 1.807) is 18.3 Å². The number of hydrogen-bond donors (Lipinski definition) is 1. The first-order chi connectivity index (χ1) is 15.5. The van der Waals surface area contributed by atoms with E-state index in [-0.39, 0.29) is 0 Å². The number of nitrogens with one attached hydrogen (secondary N) is 1. The molecule has 4 rings (SSSR count). The summed E-state index contributed by atoms with van der Waals surface area (Å²) >= 11 is 0. The van der Waals surface area contributed by atoms with Crippen LogP contribution in [0.1, 0.15) is 27.0 Å². The fraction of sp³-hybridized carbons (Fsp3) is 0.111. The molecule has 1 N–H and O–H groups in total. The standard InChI is InChI=1S/C27H22F2N2O/c1-18-7-8-19(9-10-20-4-3-15-30-17-20)16-23(18)21-11-13-22(14-12-21)31-27(32)26-24(28)5-2-6-25(26)29/h2-8,11-17H,9-10H2,1H3,(H,31,32). The number of carbonyl (C=O) groups excluding carboxylic acids is 1. The molecule has 4 aromatic rings. The van der Waals surface area contributed by atoms with Crippen LogP contribution in [0.5, 0.6) is 0 Å². The quantitative estimate of drug-likeness (QED) is 0.388. The molecule has 0 saturated heterocycles. The van der Waals surface area contributed by atoms with Crippen LogP contribution in [0.2, 0.25) is 0 Å². The summed E-state index contributed by atoms with van der Waals surface area (Å²) in [4.78, 5) is 16.5. The number of anilines is 1. The van der Waals surface area contributed by atoms with Gasteiger partial charge in [0, 0.05) is 18.1 Å². The summed E-state index contributed by atoms with van der Waals surface area (Å²) in [6.07, 6.45) is 5.47. The molecule has 0 unspecified atom stereocenters. The molecule has 0 aliphatic rings. The van der Waals surface area contributed by atoms with Crippen LogP contribution in [0.25, 0.3) is 11.1 Å². The highest BCUT2D eigenvalue weighted by molar-refractivity contribution is 6.04. The third kappa shape index (κ3) is 4.89. The van der Waals surface area contributed by atoms with Gasteiger partial charge in [0.25, 0.3) is 5.91 Å². The lowest BCUT2D eigenvalue weighted by molar-refractivity contribution is 0.101. The largest absolute Gasteiger partial charge is 0.322 e. The van der Waals surface area contributed by atoms with Gasteiger partial charge >= 0.3 is 0 Å². The average molecular weight is 428 g/mol. The summed E-state index contributed by atoms with van der Waals surface area (Å²) in [5.41, 5.74) is 5.54. The maximum Gasteiger partial charge on any atom is 0.261 e. The summed E-state index contributed by atoms with van der Waals surface area (Å²) in [7, 11) is 0. The molecule has 0 bridgehead atoms. The molecule has 0 fully saturated rings. The van der Waals surface area contributed by atoms with E-state index in [4.69, 9.17) is 0 Å². The third-order valence-electron chi connectivity index (χ3n) is 5.37. The molecule has 3 nitrogen and oxygen atoms in total. The highest BCUT2D eigenvalue weighted by Gasteiger charge is 2.17. The molecule has 1 aromatic heterocycles. The van der Waals surface area contributed by atoms with E-state index in [1.165, 1.54) is 17.2 Å². The fourth-order valence-electron chi connectivity index (χ4n) is 3.61. The van der Waals surface area contributed by atoms with Crippen molar-refractivity contribution in [3.63, 3.8) is 0 Å². The number of rotatable bonds is 6.